The smallest absolute Gasteiger partial charge is 0.242 e. The van der Waals surface area contributed by atoms with Crippen molar-refractivity contribution in [2.24, 2.45) is 0 Å². The summed E-state index contributed by atoms with van der Waals surface area (Å²) in [6.45, 7) is 0.920. The number of carbonyl (C=O) groups excluding carboxylic acids is 2. The van der Waals surface area contributed by atoms with Crippen molar-refractivity contribution in [2.75, 3.05) is 0 Å². The zero-order valence-electron chi connectivity index (χ0n) is 12.6. The zero-order valence-corrected chi connectivity index (χ0v) is 12.6. The number of fused-ring (bicyclic) bond motifs is 1. The molecular formula is C16H17N5O2. The maximum atomic E-state index is 12.6. The first-order chi connectivity index (χ1) is 11.2. The first-order valence-corrected chi connectivity index (χ1v) is 7.71. The van der Waals surface area contributed by atoms with Crippen molar-refractivity contribution in [3.05, 3.63) is 47.3 Å². The highest BCUT2D eigenvalue weighted by Gasteiger charge is 2.51. The fourth-order valence-corrected chi connectivity index (χ4v) is 3.06. The number of carbonyl (C=O) groups is 2. The van der Waals surface area contributed by atoms with Crippen LogP contribution in [0.15, 0.2) is 30.3 Å². The molecule has 0 bridgehead atoms. The van der Waals surface area contributed by atoms with Gasteiger partial charge in [0.15, 0.2) is 0 Å². The Morgan fingerprint density at radius 1 is 1.30 bits per heavy atom. The van der Waals surface area contributed by atoms with Crippen molar-refractivity contribution in [3.63, 3.8) is 0 Å². The molecule has 0 spiro atoms. The molecule has 1 aliphatic heterocycles. The fraction of sp³-hybridized carbons (Fsp3) is 0.375. The van der Waals surface area contributed by atoms with Crippen molar-refractivity contribution in [3.8, 4) is 0 Å². The van der Waals surface area contributed by atoms with E-state index in [-0.39, 0.29) is 23.8 Å². The van der Waals surface area contributed by atoms with E-state index in [1.807, 2.05) is 30.3 Å². The van der Waals surface area contributed by atoms with Crippen LogP contribution >= 0.6 is 0 Å². The van der Waals surface area contributed by atoms with Gasteiger partial charge >= 0.3 is 0 Å². The number of hydrogen-bond acceptors (Lipinski definition) is 4. The van der Waals surface area contributed by atoms with Gasteiger partial charge in [0, 0.05) is 0 Å². The molecule has 0 radical (unpaired) electrons. The van der Waals surface area contributed by atoms with Gasteiger partial charge in [-0.15, -0.1) is 5.10 Å². The third-order valence-electron chi connectivity index (χ3n) is 4.59. The van der Waals surface area contributed by atoms with E-state index in [9.17, 15) is 9.59 Å². The lowest BCUT2D eigenvalue weighted by molar-refractivity contribution is -0.124. The van der Waals surface area contributed by atoms with E-state index in [1.54, 1.807) is 4.68 Å². The summed E-state index contributed by atoms with van der Waals surface area (Å²) in [6, 6.07) is 9.88. The van der Waals surface area contributed by atoms with Crippen LogP contribution < -0.4 is 10.6 Å². The molecule has 2 aromatic rings. The van der Waals surface area contributed by atoms with Gasteiger partial charge in [0.05, 0.1) is 24.2 Å². The predicted octanol–water partition coefficient (Wildman–Crippen LogP) is 0.256. The van der Waals surface area contributed by atoms with Gasteiger partial charge in [0.2, 0.25) is 11.8 Å². The maximum absolute atomic E-state index is 12.6. The molecule has 1 aromatic carbocycles. The third kappa shape index (κ3) is 2.38. The van der Waals surface area contributed by atoms with Crippen LogP contribution in [0.5, 0.6) is 0 Å². The van der Waals surface area contributed by atoms with Crippen LogP contribution in [0.3, 0.4) is 0 Å². The molecule has 2 amide bonds. The second-order valence-electron chi connectivity index (χ2n) is 6.05. The van der Waals surface area contributed by atoms with E-state index >= 15 is 0 Å². The summed E-state index contributed by atoms with van der Waals surface area (Å²) in [4.78, 5) is 23.9. The molecule has 7 nitrogen and oxygen atoms in total. The van der Waals surface area contributed by atoms with E-state index in [1.165, 1.54) is 0 Å². The van der Waals surface area contributed by atoms with Crippen LogP contribution in [0.4, 0.5) is 0 Å². The first-order valence-electron chi connectivity index (χ1n) is 7.71. The first kappa shape index (κ1) is 13.9. The summed E-state index contributed by atoms with van der Waals surface area (Å²) in [7, 11) is 0. The van der Waals surface area contributed by atoms with Gasteiger partial charge in [-0.3, -0.25) is 9.59 Å². The summed E-state index contributed by atoms with van der Waals surface area (Å²) in [6.07, 6.45) is 1.75. The number of benzene rings is 1. The van der Waals surface area contributed by atoms with Gasteiger partial charge in [-0.05, 0) is 18.4 Å². The van der Waals surface area contributed by atoms with Crippen LogP contribution in [-0.2, 0) is 34.6 Å². The van der Waals surface area contributed by atoms with Gasteiger partial charge in [0.1, 0.15) is 12.2 Å². The van der Waals surface area contributed by atoms with Gasteiger partial charge in [0.25, 0.3) is 0 Å². The molecule has 1 fully saturated rings. The molecular weight excluding hydrogens is 294 g/mol. The van der Waals surface area contributed by atoms with E-state index in [0.717, 1.165) is 24.1 Å². The summed E-state index contributed by atoms with van der Waals surface area (Å²) in [5.41, 5.74) is 2.24. The molecule has 2 aliphatic rings. The van der Waals surface area contributed by atoms with Gasteiger partial charge in [-0.1, -0.05) is 35.5 Å². The highest BCUT2D eigenvalue weighted by Crippen LogP contribution is 2.48. The Hall–Kier alpha value is -2.70. The Morgan fingerprint density at radius 3 is 2.83 bits per heavy atom. The van der Waals surface area contributed by atoms with Crippen molar-refractivity contribution in [2.45, 2.75) is 37.9 Å². The highest BCUT2D eigenvalue weighted by molar-refractivity contribution is 5.91. The Morgan fingerprint density at radius 2 is 2.09 bits per heavy atom. The second-order valence-corrected chi connectivity index (χ2v) is 6.05. The van der Waals surface area contributed by atoms with Gasteiger partial charge in [-0.2, -0.15) is 0 Å². The van der Waals surface area contributed by atoms with Crippen LogP contribution in [0.25, 0.3) is 0 Å². The largest absolute Gasteiger partial charge is 0.350 e. The fourth-order valence-electron chi connectivity index (χ4n) is 3.06. The van der Waals surface area contributed by atoms with Crippen molar-refractivity contribution in [1.82, 2.24) is 25.6 Å². The van der Waals surface area contributed by atoms with Gasteiger partial charge in [-0.25, -0.2) is 4.68 Å². The monoisotopic (exact) mass is 311 g/mol. The van der Waals surface area contributed by atoms with Crippen LogP contribution in [-0.4, -0.2) is 26.8 Å². The van der Waals surface area contributed by atoms with Crippen molar-refractivity contribution in [1.29, 1.82) is 0 Å². The molecule has 23 heavy (non-hydrogen) atoms. The average Bonchev–Trinajstić information content (AvgIpc) is 3.30. The van der Waals surface area contributed by atoms with Crippen molar-refractivity contribution >= 4 is 11.8 Å². The van der Waals surface area contributed by atoms with E-state index < -0.39 is 0 Å². The van der Waals surface area contributed by atoms with E-state index in [2.05, 4.69) is 20.9 Å². The molecule has 2 N–H and O–H groups in total. The normalized spacial score (nSPS) is 18.0. The minimum Gasteiger partial charge on any atom is -0.350 e. The third-order valence-corrected chi connectivity index (χ3v) is 4.59. The summed E-state index contributed by atoms with van der Waals surface area (Å²) in [5.74, 6) is -0.0377. The number of nitrogens with one attached hydrogen (secondary N) is 2. The zero-order chi connectivity index (χ0) is 15.9. The molecule has 1 saturated carbocycles. The molecule has 0 unspecified atom stereocenters. The number of nitrogens with zero attached hydrogens (tertiary/aromatic N) is 3. The topological polar surface area (TPSA) is 88.9 Å². The Balaban J connectivity index is 1.46. The minimum atomic E-state index is -0.386. The molecule has 7 heteroatoms. The second kappa shape index (κ2) is 5.19. The number of amides is 2. The lowest BCUT2D eigenvalue weighted by Gasteiger charge is -2.17. The standard InChI is InChI=1S/C16H17N5O2/c22-14-10-21-13(9-17-14)12(19-20-21)8-18-15(23)16(6-7-16)11-4-2-1-3-5-11/h1-5H,6-10H2,(H,17,22)(H,18,23). The summed E-state index contributed by atoms with van der Waals surface area (Å²) >= 11 is 0. The van der Waals surface area contributed by atoms with E-state index in [4.69, 9.17) is 0 Å². The Bertz CT molecular complexity index is 764. The van der Waals surface area contributed by atoms with Crippen LogP contribution in [0.1, 0.15) is 29.8 Å². The molecule has 1 aromatic heterocycles. The minimum absolute atomic E-state index is 0.0327. The number of rotatable bonds is 4. The molecule has 0 atom stereocenters. The lowest BCUT2D eigenvalue weighted by atomic mass is 9.95. The van der Waals surface area contributed by atoms with E-state index in [0.29, 0.717) is 18.8 Å². The Labute approximate surface area is 133 Å². The highest BCUT2D eigenvalue weighted by atomic mass is 16.2. The molecule has 4 rings (SSSR count). The molecule has 1 aliphatic carbocycles. The van der Waals surface area contributed by atoms with Crippen molar-refractivity contribution < 1.29 is 9.59 Å². The molecule has 0 saturated heterocycles. The average molecular weight is 311 g/mol. The summed E-state index contributed by atoms with van der Waals surface area (Å²) < 4.78 is 1.59. The summed E-state index contributed by atoms with van der Waals surface area (Å²) in [5, 5.41) is 13.8. The van der Waals surface area contributed by atoms with Gasteiger partial charge < -0.3 is 10.6 Å². The quantitative estimate of drug-likeness (QED) is 0.847. The predicted molar refractivity (Wildman–Crippen MR) is 81.1 cm³/mol. The van der Waals surface area contributed by atoms with Crippen LogP contribution in [0.2, 0.25) is 0 Å². The molecule has 118 valence electrons. The maximum Gasteiger partial charge on any atom is 0.242 e. The number of hydrogen-bond donors (Lipinski definition) is 2. The molecule has 2 heterocycles. The Kier molecular flexibility index (Phi) is 3.14. The SMILES string of the molecule is O=C1Cn2nnc(CNC(=O)C3(c4ccccc4)CC3)c2CN1. The number of aromatic nitrogens is 3. The lowest BCUT2D eigenvalue weighted by Crippen LogP contribution is -2.36. The van der Waals surface area contributed by atoms with Crippen LogP contribution in [0, 0.1) is 0 Å².